The zero-order chi connectivity index (χ0) is 22.3. The second-order valence-corrected chi connectivity index (χ2v) is 12.0. The molecule has 0 aromatic rings. The second kappa shape index (κ2) is 16.4. The Balaban J connectivity index is 4.11. The van der Waals surface area contributed by atoms with Crippen molar-refractivity contribution in [3.8, 4) is 0 Å². The molecule has 0 fully saturated rings. The molecule has 4 nitrogen and oxygen atoms in total. The molecule has 1 N–H and O–H groups in total. The van der Waals surface area contributed by atoms with Crippen LogP contribution in [0.1, 0.15) is 91.4 Å². The van der Waals surface area contributed by atoms with Gasteiger partial charge in [-0.05, 0) is 32.4 Å². The quantitative estimate of drug-likeness (QED) is 0.205. The summed E-state index contributed by atoms with van der Waals surface area (Å²) in [6.07, 6.45) is 13.4. The topological polar surface area (TPSA) is 57.6 Å². The third kappa shape index (κ3) is 14.4. The highest BCUT2D eigenvalue weighted by Crippen LogP contribution is 2.33. The van der Waals surface area contributed by atoms with E-state index >= 15 is 0 Å². The Kier molecular flexibility index (Phi) is 16.3. The number of aliphatic carboxylic acids is 1. The van der Waals surface area contributed by atoms with Crippen LogP contribution in [-0.2, 0) is 9.59 Å². The summed E-state index contributed by atoms with van der Waals surface area (Å²) in [7, 11) is 3.40. The predicted octanol–water partition coefficient (Wildman–Crippen LogP) is 6.62. The van der Waals surface area contributed by atoms with Crippen LogP contribution in [0.3, 0.4) is 0 Å². The van der Waals surface area contributed by atoms with E-state index in [0.717, 1.165) is 15.7 Å². The molecular weight excluding hydrogens is 422 g/mol. The summed E-state index contributed by atoms with van der Waals surface area (Å²) in [5.41, 5.74) is -0.958. The van der Waals surface area contributed by atoms with E-state index in [2.05, 4.69) is 6.92 Å². The number of nitrogens with zero attached hydrogens (tertiary/aromatic N) is 1. The van der Waals surface area contributed by atoms with Crippen LogP contribution in [0.15, 0.2) is 0 Å². The van der Waals surface area contributed by atoms with Crippen LogP contribution in [0.5, 0.6) is 0 Å². The maximum absolute atomic E-state index is 12.5. The first-order chi connectivity index (χ1) is 13.6. The highest BCUT2D eigenvalue weighted by molar-refractivity contribution is 8.47. The number of amides is 1. The van der Waals surface area contributed by atoms with Gasteiger partial charge in [-0.2, -0.15) is 0 Å². The molecule has 0 aliphatic heterocycles. The van der Waals surface area contributed by atoms with Gasteiger partial charge in [0, 0.05) is 14.1 Å². The standard InChI is InChI=1S/C22H41NO3S3/c1-6-7-8-9-10-11-12-13-14-15-16-28-21(27)29-18(19(24)23(4)5)17-22(2,3)20(25)26/h18H,6-17H2,1-5H3,(H,25,26). The van der Waals surface area contributed by atoms with Crippen molar-refractivity contribution in [2.45, 2.75) is 96.7 Å². The fourth-order valence-corrected chi connectivity index (χ4v) is 5.94. The fraction of sp³-hybridized carbons (Fsp3) is 0.864. The Morgan fingerprint density at radius 3 is 1.90 bits per heavy atom. The number of carboxylic acids is 1. The number of rotatable bonds is 16. The summed E-state index contributed by atoms with van der Waals surface area (Å²) < 4.78 is 0.738. The summed E-state index contributed by atoms with van der Waals surface area (Å²) in [5, 5.41) is 8.93. The first kappa shape index (κ1) is 28.7. The van der Waals surface area contributed by atoms with Crippen molar-refractivity contribution in [3.05, 3.63) is 0 Å². The summed E-state index contributed by atoms with van der Waals surface area (Å²) >= 11 is 8.44. The van der Waals surface area contributed by atoms with Crippen molar-refractivity contribution in [2.75, 3.05) is 19.8 Å². The lowest BCUT2D eigenvalue weighted by Crippen LogP contribution is -2.37. The Morgan fingerprint density at radius 1 is 0.966 bits per heavy atom. The van der Waals surface area contributed by atoms with Gasteiger partial charge in [0.1, 0.15) is 3.53 Å². The number of hydrogen-bond donors (Lipinski definition) is 1. The van der Waals surface area contributed by atoms with Crippen LogP contribution < -0.4 is 0 Å². The maximum Gasteiger partial charge on any atom is 0.309 e. The van der Waals surface area contributed by atoms with Crippen LogP contribution in [0.25, 0.3) is 0 Å². The number of carbonyl (C=O) groups is 2. The van der Waals surface area contributed by atoms with E-state index < -0.39 is 16.6 Å². The highest BCUT2D eigenvalue weighted by Gasteiger charge is 2.35. The average molecular weight is 464 g/mol. The zero-order valence-electron chi connectivity index (χ0n) is 19.0. The number of thioether (sulfide) groups is 2. The molecule has 0 heterocycles. The molecule has 0 saturated heterocycles. The van der Waals surface area contributed by atoms with Gasteiger partial charge in [0.15, 0.2) is 0 Å². The van der Waals surface area contributed by atoms with Gasteiger partial charge in [-0.25, -0.2) is 0 Å². The molecule has 0 aliphatic carbocycles. The molecule has 0 aromatic carbocycles. The molecule has 1 atom stereocenters. The molecule has 0 bridgehead atoms. The van der Waals surface area contributed by atoms with E-state index in [1.54, 1.807) is 39.7 Å². The van der Waals surface area contributed by atoms with E-state index in [4.69, 9.17) is 12.2 Å². The van der Waals surface area contributed by atoms with Gasteiger partial charge in [0.2, 0.25) is 5.91 Å². The van der Waals surface area contributed by atoms with Gasteiger partial charge in [0.05, 0.1) is 10.7 Å². The summed E-state index contributed by atoms with van der Waals surface area (Å²) in [6, 6.07) is 0. The molecule has 0 saturated carbocycles. The molecule has 0 aromatic heterocycles. The van der Waals surface area contributed by atoms with Crippen molar-refractivity contribution < 1.29 is 14.7 Å². The molecule has 1 unspecified atom stereocenters. The summed E-state index contributed by atoms with van der Waals surface area (Å²) in [4.78, 5) is 25.4. The van der Waals surface area contributed by atoms with Crippen LogP contribution >= 0.6 is 35.7 Å². The van der Waals surface area contributed by atoms with Crippen molar-refractivity contribution in [2.24, 2.45) is 5.41 Å². The number of carbonyl (C=O) groups excluding carboxylic acids is 1. The zero-order valence-corrected chi connectivity index (χ0v) is 21.4. The fourth-order valence-electron chi connectivity index (χ4n) is 2.91. The van der Waals surface area contributed by atoms with Crippen LogP contribution in [0.2, 0.25) is 0 Å². The lowest BCUT2D eigenvalue weighted by Gasteiger charge is -2.27. The number of thiocarbonyl (C=S) groups is 1. The molecular formula is C22H41NO3S3. The Labute approximate surface area is 192 Å². The van der Waals surface area contributed by atoms with E-state index in [1.807, 2.05) is 0 Å². The molecule has 0 radical (unpaired) electrons. The minimum Gasteiger partial charge on any atom is -0.481 e. The smallest absolute Gasteiger partial charge is 0.309 e. The third-order valence-electron chi connectivity index (χ3n) is 4.95. The molecule has 0 rings (SSSR count). The Hall–Kier alpha value is -0.270. The Bertz CT molecular complexity index is 496. The van der Waals surface area contributed by atoms with E-state index in [9.17, 15) is 14.7 Å². The first-order valence-corrected chi connectivity index (χ1v) is 13.2. The third-order valence-corrected chi connectivity index (χ3v) is 7.81. The summed E-state index contributed by atoms with van der Waals surface area (Å²) in [6.45, 7) is 5.57. The van der Waals surface area contributed by atoms with Crippen LogP contribution in [0, 0.1) is 5.41 Å². The van der Waals surface area contributed by atoms with E-state index in [0.29, 0.717) is 0 Å². The van der Waals surface area contributed by atoms with Crippen molar-refractivity contribution in [1.29, 1.82) is 0 Å². The second-order valence-electron chi connectivity index (χ2n) is 8.51. The van der Waals surface area contributed by atoms with Gasteiger partial charge >= 0.3 is 5.97 Å². The average Bonchev–Trinajstić information content (AvgIpc) is 2.64. The molecule has 170 valence electrons. The van der Waals surface area contributed by atoms with Gasteiger partial charge in [-0.15, -0.1) is 11.8 Å². The normalized spacial score (nSPS) is 12.6. The van der Waals surface area contributed by atoms with Gasteiger partial charge in [-0.1, -0.05) is 88.7 Å². The SMILES string of the molecule is CCCCCCCCCCCCSC(=S)SC(CC(C)(C)C(=O)O)C(=O)N(C)C. The largest absolute Gasteiger partial charge is 0.481 e. The van der Waals surface area contributed by atoms with Crippen molar-refractivity contribution >= 4 is 51.1 Å². The summed E-state index contributed by atoms with van der Waals surface area (Å²) in [5.74, 6) is -0.00197. The maximum atomic E-state index is 12.5. The van der Waals surface area contributed by atoms with Gasteiger partial charge < -0.3 is 10.0 Å². The molecule has 0 spiro atoms. The number of unbranched alkanes of at least 4 members (excludes halogenated alkanes) is 9. The van der Waals surface area contributed by atoms with Crippen molar-refractivity contribution in [1.82, 2.24) is 4.90 Å². The predicted molar refractivity (Wildman–Crippen MR) is 133 cm³/mol. The lowest BCUT2D eigenvalue weighted by molar-refractivity contribution is -0.147. The molecule has 7 heteroatoms. The first-order valence-electron chi connectivity index (χ1n) is 10.9. The number of hydrogen-bond acceptors (Lipinski definition) is 5. The monoisotopic (exact) mass is 463 g/mol. The van der Waals surface area contributed by atoms with Gasteiger partial charge in [0.25, 0.3) is 0 Å². The molecule has 29 heavy (non-hydrogen) atoms. The Morgan fingerprint density at radius 2 is 1.45 bits per heavy atom. The van der Waals surface area contributed by atoms with E-state index in [1.165, 1.54) is 74.4 Å². The lowest BCUT2D eigenvalue weighted by atomic mass is 9.87. The minimum atomic E-state index is -0.958. The molecule has 1 amide bonds. The minimum absolute atomic E-state index is 0.0776. The van der Waals surface area contributed by atoms with Gasteiger partial charge in [-0.3, -0.25) is 9.59 Å². The molecule has 0 aliphatic rings. The number of carboxylic acid groups (broad SMARTS) is 1. The van der Waals surface area contributed by atoms with Crippen molar-refractivity contribution in [3.63, 3.8) is 0 Å². The highest BCUT2D eigenvalue weighted by atomic mass is 32.2. The van der Waals surface area contributed by atoms with Crippen LogP contribution in [-0.4, -0.2) is 50.5 Å². The van der Waals surface area contributed by atoms with Crippen LogP contribution in [0.4, 0.5) is 0 Å². The van der Waals surface area contributed by atoms with E-state index in [-0.39, 0.29) is 12.3 Å².